The Hall–Kier alpha value is -1.91. The molecule has 172 valence electrons. The number of ether oxygens (including phenoxy) is 1. The lowest BCUT2D eigenvalue weighted by molar-refractivity contribution is -0.384. The molecule has 0 aliphatic carbocycles. The third kappa shape index (κ3) is 7.05. The van der Waals surface area contributed by atoms with E-state index in [9.17, 15) is 19.7 Å². The molecular formula is C21H32N2O6SSi. The fourth-order valence-corrected chi connectivity index (χ4v) is 5.19. The van der Waals surface area contributed by atoms with Crippen molar-refractivity contribution in [2.24, 2.45) is 0 Å². The van der Waals surface area contributed by atoms with E-state index in [0.29, 0.717) is 24.3 Å². The van der Waals surface area contributed by atoms with Crippen LogP contribution in [0.2, 0.25) is 18.1 Å². The molecule has 0 spiro atoms. The number of non-ortho nitro benzene ring substituents is 1. The van der Waals surface area contributed by atoms with Crippen LogP contribution >= 0.6 is 11.8 Å². The number of nitro groups is 1. The minimum Gasteiger partial charge on any atom is -0.445 e. The van der Waals surface area contributed by atoms with Gasteiger partial charge >= 0.3 is 6.09 Å². The molecule has 1 fully saturated rings. The van der Waals surface area contributed by atoms with Gasteiger partial charge in [-0.25, -0.2) is 4.79 Å². The van der Waals surface area contributed by atoms with E-state index in [0.717, 1.165) is 0 Å². The number of nitrogens with zero attached hydrogens (tertiary/aromatic N) is 2. The van der Waals surface area contributed by atoms with E-state index in [-0.39, 0.29) is 34.6 Å². The number of hydrogen-bond donors (Lipinski definition) is 0. The van der Waals surface area contributed by atoms with Gasteiger partial charge in [0.2, 0.25) is 0 Å². The van der Waals surface area contributed by atoms with Gasteiger partial charge in [-0.05, 0) is 42.2 Å². The van der Waals surface area contributed by atoms with Crippen LogP contribution in [-0.2, 0) is 20.6 Å². The van der Waals surface area contributed by atoms with Crippen LogP contribution in [0.1, 0.15) is 39.7 Å². The van der Waals surface area contributed by atoms with Crippen LogP contribution in [0, 0.1) is 10.1 Å². The number of nitro benzene ring substituents is 1. The Bertz CT molecular complexity index is 809. The number of amides is 1. The quantitative estimate of drug-likeness (QED) is 0.316. The van der Waals surface area contributed by atoms with Crippen molar-refractivity contribution in [2.75, 3.05) is 12.3 Å². The molecule has 0 aromatic heterocycles. The number of benzene rings is 1. The smallest absolute Gasteiger partial charge is 0.410 e. The first-order chi connectivity index (χ1) is 14.3. The Balaban J connectivity index is 2.04. The van der Waals surface area contributed by atoms with Gasteiger partial charge in [-0.1, -0.05) is 32.5 Å². The topological polar surface area (TPSA) is 99.0 Å². The van der Waals surface area contributed by atoms with Crippen LogP contribution < -0.4 is 0 Å². The number of hydrogen-bond acceptors (Lipinski definition) is 7. The van der Waals surface area contributed by atoms with E-state index in [4.69, 9.17) is 9.16 Å². The van der Waals surface area contributed by atoms with Crippen molar-refractivity contribution in [1.82, 2.24) is 4.90 Å². The Kier molecular flexibility index (Phi) is 8.29. The molecule has 1 heterocycles. The highest BCUT2D eigenvalue weighted by atomic mass is 32.2. The highest BCUT2D eigenvalue weighted by Gasteiger charge is 2.44. The summed E-state index contributed by atoms with van der Waals surface area (Å²) in [7, 11) is -2.00. The highest BCUT2D eigenvalue weighted by molar-refractivity contribution is 8.13. The van der Waals surface area contributed by atoms with Gasteiger partial charge in [0.05, 0.1) is 11.0 Å². The number of carbonyl (C=O) groups excluding carboxylic acids is 2. The largest absolute Gasteiger partial charge is 0.445 e. The van der Waals surface area contributed by atoms with Gasteiger partial charge in [-0.15, -0.1) is 0 Å². The van der Waals surface area contributed by atoms with Gasteiger partial charge < -0.3 is 14.1 Å². The second-order valence-electron chi connectivity index (χ2n) is 9.32. The van der Waals surface area contributed by atoms with Gasteiger partial charge in [-0.2, -0.15) is 0 Å². The zero-order valence-corrected chi connectivity index (χ0v) is 20.9. The van der Waals surface area contributed by atoms with E-state index >= 15 is 0 Å². The average Bonchev–Trinajstić information content (AvgIpc) is 3.06. The maximum atomic E-state index is 12.8. The molecule has 0 bridgehead atoms. The van der Waals surface area contributed by atoms with Crippen molar-refractivity contribution in [1.29, 1.82) is 0 Å². The van der Waals surface area contributed by atoms with Crippen molar-refractivity contribution < 1.29 is 23.7 Å². The Morgan fingerprint density at radius 3 is 2.39 bits per heavy atom. The summed E-state index contributed by atoms with van der Waals surface area (Å²) >= 11 is 1.20. The van der Waals surface area contributed by atoms with Crippen LogP contribution in [0.15, 0.2) is 24.3 Å². The Morgan fingerprint density at radius 1 is 1.26 bits per heavy atom. The highest BCUT2D eigenvalue weighted by Crippen LogP contribution is 2.39. The SMILES string of the molecule is CC(=O)SC[C@@H]1C[C@H](O[Si](C)(C)C(C)(C)C)CN1C(=O)OCc1ccc([N+](=O)[O-])cc1. The molecule has 1 aliphatic rings. The molecule has 1 amide bonds. The molecule has 0 N–H and O–H groups in total. The third-order valence-electron chi connectivity index (χ3n) is 5.87. The molecule has 0 radical (unpaired) electrons. The number of thioether (sulfide) groups is 1. The van der Waals surface area contributed by atoms with Gasteiger partial charge in [0.1, 0.15) is 6.61 Å². The van der Waals surface area contributed by atoms with E-state index in [1.54, 1.807) is 17.0 Å². The van der Waals surface area contributed by atoms with Crippen LogP contribution in [0.25, 0.3) is 0 Å². The summed E-state index contributed by atoms with van der Waals surface area (Å²) < 4.78 is 12.0. The van der Waals surface area contributed by atoms with Crippen molar-refractivity contribution in [3.63, 3.8) is 0 Å². The number of rotatable bonds is 7. The minimum absolute atomic E-state index is 0.00737. The summed E-state index contributed by atoms with van der Waals surface area (Å²) in [5, 5.41) is 10.8. The molecule has 1 aromatic carbocycles. The van der Waals surface area contributed by atoms with Gasteiger partial charge in [0, 0.05) is 37.4 Å². The number of carbonyl (C=O) groups is 2. The van der Waals surface area contributed by atoms with Crippen molar-refractivity contribution in [3.8, 4) is 0 Å². The molecule has 0 unspecified atom stereocenters. The zero-order valence-electron chi connectivity index (χ0n) is 19.0. The fraction of sp³-hybridized carbons (Fsp3) is 0.619. The van der Waals surface area contributed by atoms with Crippen molar-refractivity contribution in [3.05, 3.63) is 39.9 Å². The second kappa shape index (κ2) is 10.1. The molecule has 1 aromatic rings. The second-order valence-corrected chi connectivity index (χ2v) is 15.3. The minimum atomic E-state index is -2.00. The van der Waals surface area contributed by atoms with Crippen LogP contribution in [0.3, 0.4) is 0 Å². The lowest BCUT2D eigenvalue weighted by atomic mass is 10.2. The fourth-order valence-electron chi connectivity index (χ4n) is 3.09. The van der Waals surface area contributed by atoms with Crippen molar-refractivity contribution >= 4 is 37.0 Å². The normalized spacial score (nSPS) is 19.4. The van der Waals surface area contributed by atoms with Gasteiger partial charge in [0.25, 0.3) is 5.69 Å². The molecule has 10 heteroatoms. The molecule has 1 aliphatic heterocycles. The molecule has 31 heavy (non-hydrogen) atoms. The lowest BCUT2D eigenvalue weighted by Crippen LogP contribution is -2.44. The van der Waals surface area contributed by atoms with Crippen LogP contribution in [-0.4, -0.2) is 53.8 Å². The Morgan fingerprint density at radius 2 is 1.87 bits per heavy atom. The predicted molar refractivity (Wildman–Crippen MR) is 124 cm³/mol. The first-order valence-corrected chi connectivity index (χ1v) is 14.2. The maximum absolute atomic E-state index is 12.8. The summed E-state index contributed by atoms with van der Waals surface area (Å²) in [4.78, 5) is 36.2. The maximum Gasteiger partial charge on any atom is 0.410 e. The summed E-state index contributed by atoms with van der Waals surface area (Å²) in [6, 6.07) is 5.76. The first kappa shape index (κ1) is 25.3. The summed E-state index contributed by atoms with van der Waals surface area (Å²) in [5.41, 5.74) is 0.656. The van der Waals surface area contributed by atoms with E-state index in [2.05, 4.69) is 33.9 Å². The summed E-state index contributed by atoms with van der Waals surface area (Å²) in [6.07, 6.45) is 0.110. The molecule has 1 saturated heterocycles. The van der Waals surface area contributed by atoms with Gasteiger partial charge in [0.15, 0.2) is 13.4 Å². The monoisotopic (exact) mass is 468 g/mol. The lowest BCUT2D eigenvalue weighted by Gasteiger charge is -2.38. The van der Waals surface area contributed by atoms with Crippen LogP contribution in [0.5, 0.6) is 0 Å². The number of likely N-dealkylation sites (tertiary alicyclic amines) is 1. The van der Waals surface area contributed by atoms with Crippen molar-refractivity contribution in [2.45, 2.75) is 71.0 Å². The average molecular weight is 469 g/mol. The van der Waals surface area contributed by atoms with E-state index in [1.165, 1.54) is 30.8 Å². The predicted octanol–water partition coefficient (Wildman–Crippen LogP) is 4.98. The van der Waals surface area contributed by atoms with E-state index in [1.807, 2.05) is 0 Å². The molecule has 8 nitrogen and oxygen atoms in total. The summed E-state index contributed by atoms with van der Waals surface area (Å²) in [6.45, 7) is 12.8. The van der Waals surface area contributed by atoms with Gasteiger partial charge in [-0.3, -0.25) is 14.9 Å². The summed E-state index contributed by atoms with van der Waals surface area (Å²) in [5.74, 6) is 0.499. The molecule has 2 rings (SSSR count). The molecule has 0 saturated carbocycles. The Labute approximate surface area is 188 Å². The zero-order chi connectivity index (χ0) is 23.4. The standard InChI is InChI=1S/C21H32N2O6SSi/c1-15(24)30-14-18-11-19(29-31(5,6)21(2,3)4)12-22(18)20(25)28-13-16-7-9-17(10-8-16)23(26)27/h7-10,18-19H,11-14H2,1-6H3/t18-,19-/m0/s1. The third-order valence-corrected chi connectivity index (χ3v) is 11.4. The molecule has 2 atom stereocenters. The van der Waals surface area contributed by atoms with E-state index < -0.39 is 19.3 Å². The first-order valence-electron chi connectivity index (χ1n) is 10.3. The van der Waals surface area contributed by atoms with Crippen LogP contribution in [0.4, 0.5) is 10.5 Å². The molecular weight excluding hydrogens is 436 g/mol.